The Balaban J connectivity index is 1.76. The molecule has 0 unspecified atom stereocenters. The van der Waals surface area contributed by atoms with Gasteiger partial charge >= 0.3 is 0 Å². The van der Waals surface area contributed by atoms with E-state index in [1.807, 2.05) is 6.07 Å². The van der Waals surface area contributed by atoms with E-state index in [0.29, 0.717) is 12.0 Å². The number of thiazole rings is 1. The minimum absolute atomic E-state index is 0.548. The summed E-state index contributed by atoms with van der Waals surface area (Å²) < 4.78 is 3.23. The maximum atomic E-state index is 6.12. The Morgan fingerprint density at radius 2 is 1.88 bits per heavy atom. The third kappa shape index (κ3) is 3.23. The lowest BCUT2D eigenvalue weighted by Crippen LogP contribution is -2.13. The lowest BCUT2D eigenvalue weighted by Gasteiger charge is -2.06. The van der Waals surface area contributed by atoms with Gasteiger partial charge in [0.15, 0.2) is 4.80 Å². The third-order valence-corrected chi connectivity index (χ3v) is 6.36. The molecule has 1 aliphatic carbocycles. The summed E-state index contributed by atoms with van der Waals surface area (Å²) >= 11 is 9.47. The molecule has 0 bridgehead atoms. The number of aromatic nitrogens is 1. The molecule has 0 aliphatic heterocycles. The highest BCUT2D eigenvalue weighted by Gasteiger charge is 2.27. The van der Waals surface area contributed by atoms with E-state index in [4.69, 9.17) is 16.6 Å². The molecule has 0 amide bonds. The number of nitrogens with zero attached hydrogens (tertiary/aromatic N) is 2. The van der Waals surface area contributed by atoms with Gasteiger partial charge in [0.25, 0.3) is 0 Å². The van der Waals surface area contributed by atoms with Gasteiger partial charge in [-0.25, -0.2) is 4.99 Å². The van der Waals surface area contributed by atoms with Crippen LogP contribution >= 0.6 is 34.3 Å². The van der Waals surface area contributed by atoms with Crippen molar-refractivity contribution in [1.29, 1.82) is 0 Å². The first-order valence-electron chi connectivity index (χ1n) is 8.22. The molecule has 0 saturated heterocycles. The summed E-state index contributed by atoms with van der Waals surface area (Å²) in [6, 6.07) is 13.3. The van der Waals surface area contributed by atoms with Crippen LogP contribution in [0.2, 0.25) is 4.34 Å². The van der Waals surface area contributed by atoms with Crippen LogP contribution in [0.15, 0.2) is 46.8 Å². The Bertz CT molecular complexity index is 911. The van der Waals surface area contributed by atoms with E-state index < -0.39 is 0 Å². The van der Waals surface area contributed by atoms with E-state index in [9.17, 15) is 0 Å². The molecule has 2 heterocycles. The first kappa shape index (κ1) is 16.1. The molecule has 0 N–H and O–H groups in total. The van der Waals surface area contributed by atoms with Gasteiger partial charge in [0.2, 0.25) is 0 Å². The molecule has 4 rings (SSSR count). The lowest BCUT2D eigenvalue weighted by atomic mass is 10.0. The van der Waals surface area contributed by atoms with E-state index in [0.717, 1.165) is 14.8 Å². The minimum Gasteiger partial charge on any atom is -0.313 e. The highest BCUT2D eigenvalue weighted by molar-refractivity contribution is 7.19. The second-order valence-corrected chi connectivity index (χ2v) is 9.02. The molecule has 2 nitrogen and oxygen atoms in total. The molecule has 1 aliphatic rings. The summed E-state index contributed by atoms with van der Waals surface area (Å²) in [6.07, 6.45) is 2.48. The third-order valence-electron chi connectivity index (χ3n) is 4.26. The van der Waals surface area contributed by atoms with Crippen LogP contribution in [0, 0.1) is 0 Å². The topological polar surface area (TPSA) is 17.3 Å². The summed E-state index contributed by atoms with van der Waals surface area (Å²) in [4.78, 5) is 7.21. The fraction of sp³-hybridized carbons (Fsp3) is 0.316. The van der Waals surface area contributed by atoms with E-state index in [1.54, 1.807) is 22.7 Å². The Morgan fingerprint density at radius 1 is 1.12 bits per heavy atom. The highest BCUT2D eigenvalue weighted by Crippen LogP contribution is 2.40. The van der Waals surface area contributed by atoms with Gasteiger partial charge in [-0.1, -0.05) is 37.6 Å². The number of benzene rings is 1. The second kappa shape index (κ2) is 6.51. The van der Waals surface area contributed by atoms with E-state index in [-0.39, 0.29) is 0 Å². The van der Waals surface area contributed by atoms with E-state index in [2.05, 4.69) is 54.1 Å². The van der Waals surface area contributed by atoms with Gasteiger partial charge in [-0.05, 0) is 48.6 Å². The number of hydrogen-bond donors (Lipinski definition) is 0. The zero-order chi connectivity index (χ0) is 16.7. The maximum Gasteiger partial charge on any atom is 0.190 e. The largest absolute Gasteiger partial charge is 0.313 e. The Morgan fingerprint density at radius 3 is 2.46 bits per heavy atom. The molecule has 1 fully saturated rings. The van der Waals surface area contributed by atoms with Crippen molar-refractivity contribution >= 4 is 40.0 Å². The van der Waals surface area contributed by atoms with Crippen LogP contribution in [0.25, 0.3) is 10.6 Å². The van der Waals surface area contributed by atoms with Gasteiger partial charge in [0.1, 0.15) is 0 Å². The van der Waals surface area contributed by atoms with Gasteiger partial charge in [-0.3, -0.25) is 0 Å². The fourth-order valence-corrected chi connectivity index (χ4v) is 4.87. The van der Waals surface area contributed by atoms with Crippen LogP contribution < -0.4 is 4.80 Å². The van der Waals surface area contributed by atoms with Gasteiger partial charge in [-0.15, -0.1) is 22.7 Å². The Labute approximate surface area is 155 Å². The molecule has 124 valence electrons. The molecule has 24 heavy (non-hydrogen) atoms. The fourth-order valence-electron chi connectivity index (χ4n) is 2.76. The van der Waals surface area contributed by atoms with Crippen molar-refractivity contribution in [3.8, 4) is 10.6 Å². The first-order chi connectivity index (χ1) is 11.6. The van der Waals surface area contributed by atoms with Crippen LogP contribution in [-0.2, 0) is 0 Å². The molecule has 0 atom stereocenters. The van der Waals surface area contributed by atoms with Gasteiger partial charge in [0.05, 0.1) is 20.6 Å². The Hall–Kier alpha value is -1.36. The van der Waals surface area contributed by atoms with Crippen molar-refractivity contribution in [2.45, 2.75) is 38.6 Å². The molecule has 1 saturated carbocycles. The predicted octanol–water partition coefficient (Wildman–Crippen LogP) is 6.62. The average molecular weight is 375 g/mol. The molecular weight excluding hydrogens is 356 g/mol. The molecule has 1 aromatic carbocycles. The molecule has 3 aromatic rings. The first-order valence-corrected chi connectivity index (χ1v) is 10.3. The number of thiophene rings is 1. The van der Waals surface area contributed by atoms with Crippen molar-refractivity contribution in [3.05, 3.63) is 56.5 Å². The normalized spacial score (nSPS) is 15.4. The SMILES string of the molecule is CC(C)c1ccc(N=c2scc(-c3ccc(Cl)s3)n2C2CC2)cc1. The number of rotatable bonds is 4. The van der Waals surface area contributed by atoms with Gasteiger partial charge in [-0.2, -0.15) is 0 Å². The number of halogens is 1. The standard InChI is InChI=1S/C19H19ClN2S2/c1-12(2)13-3-5-14(6-4-13)21-19-22(15-7-8-15)16(11-23-19)17-9-10-18(20)24-17/h3-6,9-12,15H,7-8H2,1-2H3. The quantitative estimate of drug-likeness (QED) is 0.488. The smallest absolute Gasteiger partial charge is 0.190 e. The van der Waals surface area contributed by atoms with Crippen molar-refractivity contribution < 1.29 is 0 Å². The molecular formula is C19H19ClN2S2. The monoisotopic (exact) mass is 374 g/mol. The molecule has 5 heteroatoms. The summed E-state index contributed by atoms with van der Waals surface area (Å²) in [6.45, 7) is 4.43. The van der Waals surface area contributed by atoms with Gasteiger partial charge in [0, 0.05) is 11.4 Å². The predicted molar refractivity (Wildman–Crippen MR) is 105 cm³/mol. The Kier molecular flexibility index (Phi) is 4.37. The second-order valence-electron chi connectivity index (χ2n) is 6.47. The molecule has 2 aromatic heterocycles. The molecule has 0 spiro atoms. The minimum atomic E-state index is 0.548. The molecule has 0 radical (unpaired) electrons. The van der Waals surface area contributed by atoms with Crippen molar-refractivity contribution in [3.63, 3.8) is 0 Å². The van der Waals surface area contributed by atoms with Crippen LogP contribution in [0.4, 0.5) is 5.69 Å². The van der Waals surface area contributed by atoms with Crippen LogP contribution in [0.3, 0.4) is 0 Å². The zero-order valence-corrected chi connectivity index (χ0v) is 16.1. The summed E-state index contributed by atoms with van der Waals surface area (Å²) in [7, 11) is 0. The van der Waals surface area contributed by atoms with E-state index >= 15 is 0 Å². The van der Waals surface area contributed by atoms with Crippen molar-refractivity contribution in [2.75, 3.05) is 0 Å². The summed E-state index contributed by atoms with van der Waals surface area (Å²) in [5, 5.41) is 2.21. The van der Waals surface area contributed by atoms with Crippen LogP contribution in [0.5, 0.6) is 0 Å². The summed E-state index contributed by atoms with van der Waals surface area (Å²) in [5.41, 5.74) is 3.62. The van der Waals surface area contributed by atoms with Crippen LogP contribution in [-0.4, -0.2) is 4.57 Å². The average Bonchev–Trinajstić information content (AvgIpc) is 3.18. The number of hydrogen-bond acceptors (Lipinski definition) is 3. The van der Waals surface area contributed by atoms with E-state index in [1.165, 1.54) is 29.0 Å². The highest BCUT2D eigenvalue weighted by atomic mass is 35.5. The summed E-state index contributed by atoms with van der Waals surface area (Å²) in [5.74, 6) is 0.548. The van der Waals surface area contributed by atoms with Crippen molar-refractivity contribution in [2.24, 2.45) is 4.99 Å². The van der Waals surface area contributed by atoms with Gasteiger partial charge < -0.3 is 4.57 Å². The maximum absolute atomic E-state index is 6.12. The lowest BCUT2D eigenvalue weighted by molar-refractivity contribution is 0.726. The van der Waals surface area contributed by atoms with Crippen LogP contribution in [0.1, 0.15) is 44.2 Å². The van der Waals surface area contributed by atoms with Crippen molar-refractivity contribution in [1.82, 2.24) is 4.57 Å². The zero-order valence-electron chi connectivity index (χ0n) is 13.7.